The molecule has 2 aromatic heterocycles. The Morgan fingerprint density at radius 3 is 2.10 bits per heavy atom. The number of ether oxygens (including phenoxy) is 2. The Hall–Kier alpha value is -4.67. The second kappa shape index (κ2) is 12.5. The summed E-state index contributed by atoms with van der Waals surface area (Å²) in [4.78, 5) is 50.7. The van der Waals surface area contributed by atoms with E-state index in [-0.39, 0.29) is 11.8 Å². The quantitative estimate of drug-likeness (QED) is 0.392. The van der Waals surface area contributed by atoms with Crippen LogP contribution in [0.25, 0.3) is 11.3 Å². The fourth-order valence-electron chi connectivity index (χ4n) is 4.23. The first kappa shape index (κ1) is 30.3. The number of benzene rings is 1. The van der Waals surface area contributed by atoms with Crippen LogP contribution in [-0.2, 0) is 9.47 Å². The SMILES string of the molecule is CC(C)(C)OC(=O)Nc1ccc(-c2ccccn2)cc1NC(=O)c1ccc(N2CCN(C(=O)OC(C)(C)C)CC2)cn1. The number of nitrogens with zero attached hydrogens (tertiary/aromatic N) is 4. The fourth-order valence-corrected chi connectivity index (χ4v) is 4.23. The van der Waals surface area contributed by atoms with Crippen LogP contribution in [0.1, 0.15) is 52.0 Å². The normalized spacial score (nSPS) is 13.8. The average molecular weight is 575 g/mol. The molecule has 11 heteroatoms. The van der Waals surface area contributed by atoms with Crippen molar-refractivity contribution in [3.05, 3.63) is 66.6 Å². The molecule has 2 N–H and O–H groups in total. The molecule has 0 saturated carbocycles. The second-order valence-corrected chi connectivity index (χ2v) is 11.9. The zero-order valence-corrected chi connectivity index (χ0v) is 24.9. The summed E-state index contributed by atoms with van der Waals surface area (Å²) in [6.45, 7) is 13.1. The smallest absolute Gasteiger partial charge is 0.412 e. The van der Waals surface area contributed by atoms with Gasteiger partial charge in [-0.2, -0.15) is 0 Å². The summed E-state index contributed by atoms with van der Waals surface area (Å²) in [7, 11) is 0. The maximum absolute atomic E-state index is 13.2. The summed E-state index contributed by atoms with van der Waals surface area (Å²) >= 11 is 0. The van der Waals surface area contributed by atoms with Crippen LogP contribution in [0, 0.1) is 0 Å². The molecule has 0 spiro atoms. The van der Waals surface area contributed by atoms with Crippen molar-refractivity contribution < 1.29 is 23.9 Å². The van der Waals surface area contributed by atoms with Crippen molar-refractivity contribution in [2.24, 2.45) is 0 Å². The van der Waals surface area contributed by atoms with Gasteiger partial charge in [0.2, 0.25) is 0 Å². The van der Waals surface area contributed by atoms with Gasteiger partial charge in [-0.1, -0.05) is 12.1 Å². The molecule has 0 bridgehead atoms. The van der Waals surface area contributed by atoms with Crippen LogP contribution in [0.15, 0.2) is 60.9 Å². The van der Waals surface area contributed by atoms with Crippen LogP contribution < -0.4 is 15.5 Å². The van der Waals surface area contributed by atoms with Gasteiger partial charge < -0.3 is 24.6 Å². The molecule has 3 heterocycles. The van der Waals surface area contributed by atoms with Crippen molar-refractivity contribution in [3.63, 3.8) is 0 Å². The summed E-state index contributed by atoms with van der Waals surface area (Å²) in [5, 5.41) is 5.59. The Bertz CT molecular complexity index is 1410. The van der Waals surface area contributed by atoms with E-state index in [1.54, 1.807) is 62.3 Å². The molecule has 1 saturated heterocycles. The van der Waals surface area contributed by atoms with Gasteiger partial charge in [0.15, 0.2) is 0 Å². The van der Waals surface area contributed by atoms with E-state index in [4.69, 9.17) is 9.47 Å². The largest absolute Gasteiger partial charge is 0.444 e. The maximum atomic E-state index is 13.2. The summed E-state index contributed by atoms with van der Waals surface area (Å²) in [5.74, 6) is -0.443. The summed E-state index contributed by atoms with van der Waals surface area (Å²) in [6.07, 6.45) is 2.36. The van der Waals surface area contributed by atoms with Crippen LogP contribution in [0.2, 0.25) is 0 Å². The Labute approximate surface area is 246 Å². The van der Waals surface area contributed by atoms with Gasteiger partial charge >= 0.3 is 12.2 Å². The first-order valence-corrected chi connectivity index (χ1v) is 13.8. The lowest BCUT2D eigenvalue weighted by molar-refractivity contribution is 0.0240. The minimum Gasteiger partial charge on any atom is -0.444 e. The molecule has 0 radical (unpaired) electrons. The molecule has 1 aliphatic rings. The maximum Gasteiger partial charge on any atom is 0.412 e. The number of piperazine rings is 1. The Balaban J connectivity index is 1.46. The third kappa shape index (κ3) is 8.42. The number of carbonyl (C=O) groups excluding carboxylic acids is 3. The molecule has 222 valence electrons. The van der Waals surface area contributed by atoms with Gasteiger partial charge in [-0.25, -0.2) is 14.6 Å². The lowest BCUT2D eigenvalue weighted by Gasteiger charge is -2.36. The van der Waals surface area contributed by atoms with Gasteiger partial charge in [-0.3, -0.25) is 15.1 Å². The molecule has 1 fully saturated rings. The molecule has 4 rings (SSSR count). The molecular weight excluding hydrogens is 536 g/mol. The zero-order valence-electron chi connectivity index (χ0n) is 24.9. The number of nitrogens with one attached hydrogen (secondary N) is 2. The first-order chi connectivity index (χ1) is 19.8. The van der Waals surface area contributed by atoms with E-state index >= 15 is 0 Å². The topological polar surface area (TPSA) is 126 Å². The third-order valence-electron chi connectivity index (χ3n) is 6.14. The number of amides is 3. The Morgan fingerprint density at radius 1 is 0.786 bits per heavy atom. The summed E-state index contributed by atoms with van der Waals surface area (Å²) in [6, 6.07) is 14.3. The van der Waals surface area contributed by atoms with E-state index in [2.05, 4.69) is 25.5 Å². The van der Waals surface area contributed by atoms with Gasteiger partial charge in [-0.05, 0) is 77.9 Å². The zero-order chi connectivity index (χ0) is 30.5. The molecule has 0 unspecified atom stereocenters. The lowest BCUT2D eigenvalue weighted by Crippen LogP contribution is -2.50. The minimum atomic E-state index is -0.685. The monoisotopic (exact) mass is 574 g/mol. The van der Waals surface area contributed by atoms with Crippen molar-refractivity contribution in [1.82, 2.24) is 14.9 Å². The number of hydrogen-bond donors (Lipinski definition) is 2. The van der Waals surface area contributed by atoms with Gasteiger partial charge in [0.1, 0.15) is 16.9 Å². The number of rotatable bonds is 5. The predicted molar refractivity (Wildman–Crippen MR) is 162 cm³/mol. The number of hydrogen-bond acceptors (Lipinski definition) is 8. The van der Waals surface area contributed by atoms with Crippen LogP contribution >= 0.6 is 0 Å². The first-order valence-electron chi connectivity index (χ1n) is 13.8. The Kier molecular flexibility index (Phi) is 8.99. The molecule has 3 amide bonds. The molecule has 11 nitrogen and oxygen atoms in total. The molecular formula is C31H38N6O5. The van der Waals surface area contributed by atoms with Gasteiger partial charge in [0, 0.05) is 37.9 Å². The lowest BCUT2D eigenvalue weighted by atomic mass is 10.1. The molecule has 1 aromatic carbocycles. The van der Waals surface area contributed by atoms with Crippen molar-refractivity contribution in [2.45, 2.75) is 52.7 Å². The fraction of sp³-hybridized carbons (Fsp3) is 0.387. The molecule has 3 aromatic rings. The van der Waals surface area contributed by atoms with E-state index in [0.29, 0.717) is 43.2 Å². The van der Waals surface area contributed by atoms with Crippen molar-refractivity contribution in [1.29, 1.82) is 0 Å². The third-order valence-corrected chi connectivity index (χ3v) is 6.14. The van der Waals surface area contributed by atoms with E-state index in [0.717, 1.165) is 11.3 Å². The minimum absolute atomic E-state index is 0.206. The molecule has 0 atom stereocenters. The molecule has 1 aliphatic heterocycles. The van der Waals surface area contributed by atoms with Crippen LogP contribution in [0.5, 0.6) is 0 Å². The highest BCUT2D eigenvalue weighted by molar-refractivity contribution is 6.06. The van der Waals surface area contributed by atoms with E-state index in [1.165, 1.54) is 0 Å². The predicted octanol–water partition coefficient (Wildman–Crippen LogP) is 5.80. The highest BCUT2D eigenvalue weighted by atomic mass is 16.6. The van der Waals surface area contributed by atoms with Crippen molar-refractivity contribution in [3.8, 4) is 11.3 Å². The van der Waals surface area contributed by atoms with Crippen molar-refractivity contribution >= 4 is 35.2 Å². The summed E-state index contributed by atoms with van der Waals surface area (Å²) in [5.41, 5.74) is 2.05. The van der Waals surface area contributed by atoms with Crippen LogP contribution in [-0.4, -0.2) is 70.3 Å². The van der Waals surface area contributed by atoms with Gasteiger partial charge in [0.05, 0.1) is 29.0 Å². The average Bonchev–Trinajstić information content (AvgIpc) is 2.92. The van der Waals surface area contributed by atoms with Gasteiger partial charge in [0.25, 0.3) is 5.91 Å². The number of aromatic nitrogens is 2. The van der Waals surface area contributed by atoms with E-state index in [9.17, 15) is 14.4 Å². The second-order valence-electron chi connectivity index (χ2n) is 11.9. The highest BCUT2D eigenvalue weighted by Crippen LogP contribution is 2.29. The Morgan fingerprint density at radius 2 is 1.50 bits per heavy atom. The number of pyridine rings is 2. The van der Waals surface area contributed by atoms with Crippen LogP contribution in [0.3, 0.4) is 0 Å². The molecule has 42 heavy (non-hydrogen) atoms. The standard InChI is InChI=1S/C31H38N6O5/c1-30(2,3)41-28(39)35-24-12-10-21(23-9-7-8-14-32-23)19-26(24)34-27(38)25-13-11-22(20-33-25)36-15-17-37(18-16-36)29(40)42-31(4,5)6/h7-14,19-20H,15-18H2,1-6H3,(H,34,38)(H,35,39). The van der Waals surface area contributed by atoms with Crippen molar-refractivity contribution in [2.75, 3.05) is 41.7 Å². The molecule has 0 aliphatic carbocycles. The highest BCUT2D eigenvalue weighted by Gasteiger charge is 2.26. The van der Waals surface area contributed by atoms with E-state index in [1.807, 2.05) is 45.0 Å². The van der Waals surface area contributed by atoms with Crippen LogP contribution in [0.4, 0.5) is 26.7 Å². The number of anilines is 3. The van der Waals surface area contributed by atoms with E-state index < -0.39 is 23.2 Å². The number of carbonyl (C=O) groups is 3. The van der Waals surface area contributed by atoms with Gasteiger partial charge in [-0.15, -0.1) is 0 Å². The summed E-state index contributed by atoms with van der Waals surface area (Å²) < 4.78 is 10.9.